The summed E-state index contributed by atoms with van der Waals surface area (Å²) in [7, 11) is 1.49. The van der Waals surface area contributed by atoms with Gasteiger partial charge in [0.25, 0.3) is 5.91 Å². The maximum Gasteiger partial charge on any atom is 0.264 e. The van der Waals surface area contributed by atoms with Gasteiger partial charge in [-0.3, -0.25) is 9.59 Å². The van der Waals surface area contributed by atoms with Crippen LogP contribution >= 0.6 is 15.9 Å². The molecular weight excluding hydrogens is 377 g/mol. The number of amides is 1. The van der Waals surface area contributed by atoms with Crippen LogP contribution in [0.3, 0.4) is 0 Å². The Morgan fingerprint density at radius 2 is 1.83 bits per heavy atom. The molecule has 0 aliphatic rings. The summed E-state index contributed by atoms with van der Waals surface area (Å²) in [6, 6.07) is 11.1. The van der Waals surface area contributed by atoms with Crippen molar-refractivity contribution in [2.45, 2.75) is 13.3 Å². The zero-order valence-corrected chi connectivity index (χ0v) is 15.0. The highest BCUT2D eigenvalue weighted by atomic mass is 79.9. The first-order valence-corrected chi connectivity index (χ1v) is 8.19. The molecule has 126 valence electrons. The van der Waals surface area contributed by atoms with Crippen molar-refractivity contribution in [2.75, 3.05) is 18.6 Å². The van der Waals surface area contributed by atoms with Gasteiger partial charge in [0.1, 0.15) is 11.6 Å². The molecule has 0 aliphatic carbocycles. The molecule has 0 radical (unpaired) electrons. The van der Waals surface area contributed by atoms with Crippen LogP contribution in [0.4, 0.5) is 10.1 Å². The summed E-state index contributed by atoms with van der Waals surface area (Å²) in [5.74, 6) is -0.364. The molecule has 2 aromatic carbocycles. The van der Waals surface area contributed by atoms with Gasteiger partial charge >= 0.3 is 0 Å². The number of carbonyl (C=O) groups is 2. The van der Waals surface area contributed by atoms with Crippen LogP contribution < -0.4 is 9.64 Å². The third-order valence-electron chi connectivity index (χ3n) is 3.50. The van der Waals surface area contributed by atoms with Crippen LogP contribution in [0.5, 0.6) is 5.75 Å². The molecule has 0 saturated heterocycles. The lowest BCUT2D eigenvalue weighted by Crippen LogP contribution is -2.31. The standard InChI is InChI=1S/C18H17BrFNO3/c1-3-17(22)12-4-7-14(8-5-12)24-11-18(23)21(2)16-9-6-13(19)10-15(16)20/h4-10H,3,11H2,1-2H3. The lowest BCUT2D eigenvalue weighted by molar-refractivity contribution is -0.120. The van der Waals surface area contributed by atoms with E-state index in [4.69, 9.17) is 4.74 Å². The van der Waals surface area contributed by atoms with Crippen molar-refractivity contribution in [3.63, 3.8) is 0 Å². The number of hydrogen-bond donors (Lipinski definition) is 0. The fourth-order valence-electron chi connectivity index (χ4n) is 2.07. The normalized spacial score (nSPS) is 10.3. The quantitative estimate of drug-likeness (QED) is 0.690. The van der Waals surface area contributed by atoms with Crippen molar-refractivity contribution in [1.29, 1.82) is 0 Å². The minimum absolute atomic E-state index is 0.0445. The van der Waals surface area contributed by atoms with Crippen LogP contribution in [0.25, 0.3) is 0 Å². The van der Waals surface area contributed by atoms with Crippen LogP contribution in [0, 0.1) is 5.82 Å². The molecule has 0 unspecified atom stereocenters. The molecule has 2 aromatic rings. The predicted molar refractivity (Wildman–Crippen MR) is 94.1 cm³/mol. The molecule has 0 aliphatic heterocycles. The highest BCUT2D eigenvalue weighted by Crippen LogP contribution is 2.22. The average molecular weight is 394 g/mol. The van der Waals surface area contributed by atoms with E-state index < -0.39 is 5.82 Å². The van der Waals surface area contributed by atoms with Crippen molar-refractivity contribution in [3.05, 3.63) is 58.3 Å². The smallest absolute Gasteiger partial charge is 0.264 e. The van der Waals surface area contributed by atoms with E-state index in [1.807, 2.05) is 0 Å². The van der Waals surface area contributed by atoms with Gasteiger partial charge in [-0.25, -0.2) is 4.39 Å². The molecule has 0 atom stereocenters. The zero-order valence-electron chi connectivity index (χ0n) is 13.4. The average Bonchev–Trinajstić information content (AvgIpc) is 2.59. The van der Waals surface area contributed by atoms with Crippen molar-refractivity contribution >= 4 is 33.3 Å². The highest BCUT2D eigenvalue weighted by Gasteiger charge is 2.15. The summed E-state index contributed by atoms with van der Waals surface area (Å²) in [5, 5.41) is 0. The lowest BCUT2D eigenvalue weighted by Gasteiger charge is -2.18. The zero-order chi connectivity index (χ0) is 17.7. The summed E-state index contributed by atoms with van der Waals surface area (Å²) in [6.45, 7) is 1.57. The van der Waals surface area contributed by atoms with Gasteiger partial charge in [-0.15, -0.1) is 0 Å². The first-order valence-electron chi connectivity index (χ1n) is 7.40. The molecule has 4 nitrogen and oxygen atoms in total. The van der Waals surface area contributed by atoms with Crippen LogP contribution in [-0.2, 0) is 4.79 Å². The number of carbonyl (C=O) groups excluding carboxylic acids is 2. The number of ether oxygens (including phenoxy) is 1. The maximum atomic E-state index is 13.9. The minimum Gasteiger partial charge on any atom is -0.484 e. The highest BCUT2D eigenvalue weighted by molar-refractivity contribution is 9.10. The molecule has 0 saturated carbocycles. The fourth-order valence-corrected chi connectivity index (χ4v) is 2.40. The van der Waals surface area contributed by atoms with Gasteiger partial charge in [0.15, 0.2) is 12.4 Å². The molecule has 0 heterocycles. The summed E-state index contributed by atoms with van der Waals surface area (Å²) < 4.78 is 19.9. The van der Waals surface area contributed by atoms with E-state index >= 15 is 0 Å². The third kappa shape index (κ3) is 4.41. The monoisotopic (exact) mass is 393 g/mol. The predicted octanol–water partition coefficient (Wildman–Crippen LogP) is 4.22. The number of nitrogens with zero attached hydrogens (tertiary/aromatic N) is 1. The van der Waals surface area contributed by atoms with Gasteiger partial charge < -0.3 is 9.64 Å². The van der Waals surface area contributed by atoms with Gasteiger partial charge in [0, 0.05) is 23.5 Å². The Balaban J connectivity index is 1.98. The van der Waals surface area contributed by atoms with Crippen LogP contribution in [0.15, 0.2) is 46.9 Å². The van der Waals surface area contributed by atoms with Crippen LogP contribution in [0.1, 0.15) is 23.7 Å². The number of likely N-dealkylation sites (N-methyl/N-ethyl adjacent to an activating group) is 1. The first-order chi connectivity index (χ1) is 11.4. The Hall–Kier alpha value is -2.21. The number of anilines is 1. The SMILES string of the molecule is CCC(=O)c1ccc(OCC(=O)N(C)c2ccc(Br)cc2F)cc1. The Bertz CT molecular complexity index is 746. The number of rotatable bonds is 6. The summed E-state index contributed by atoms with van der Waals surface area (Å²) in [4.78, 5) is 24.9. The number of ketones is 1. The molecule has 0 spiro atoms. The molecule has 0 aromatic heterocycles. The van der Waals surface area contributed by atoms with Crippen molar-refractivity contribution in [3.8, 4) is 5.75 Å². The van der Waals surface area contributed by atoms with Gasteiger partial charge in [0.05, 0.1) is 5.69 Å². The molecule has 1 amide bonds. The third-order valence-corrected chi connectivity index (χ3v) is 4.00. The number of hydrogen-bond acceptors (Lipinski definition) is 3. The Morgan fingerprint density at radius 1 is 1.17 bits per heavy atom. The number of halogens is 2. The topological polar surface area (TPSA) is 46.6 Å². The molecule has 24 heavy (non-hydrogen) atoms. The van der Waals surface area contributed by atoms with E-state index in [9.17, 15) is 14.0 Å². The summed E-state index contributed by atoms with van der Waals surface area (Å²) in [5.41, 5.74) is 0.779. The van der Waals surface area contributed by atoms with E-state index in [-0.39, 0.29) is 24.0 Å². The first kappa shape index (κ1) is 18.1. The molecule has 2 rings (SSSR count). The molecule has 0 fully saturated rings. The Labute approximate surface area is 148 Å². The van der Waals surface area contributed by atoms with Crippen molar-refractivity contribution in [1.82, 2.24) is 0 Å². The Morgan fingerprint density at radius 3 is 2.42 bits per heavy atom. The second kappa shape index (κ2) is 8.06. The van der Waals surface area contributed by atoms with E-state index in [0.717, 1.165) is 0 Å². The molecule has 0 N–H and O–H groups in total. The second-order valence-corrected chi connectivity index (χ2v) is 6.05. The van der Waals surface area contributed by atoms with Gasteiger partial charge in [-0.1, -0.05) is 22.9 Å². The lowest BCUT2D eigenvalue weighted by atomic mass is 10.1. The largest absolute Gasteiger partial charge is 0.484 e. The minimum atomic E-state index is -0.498. The van der Waals surface area contributed by atoms with E-state index in [1.54, 1.807) is 37.3 Å². The van der Waals surface area contributed by atoms with Gasteiger partial charge in [0.2, 0.25) is 0 Å². The maximum absolute atomic E-state index is 13.9. The second-order valence-electron chi connectivity index (χ2n) is 5.14. The van der Waals surface area contributed by atoms with Gasteiger partial charge in [-0.2, -0.15) is 0 Å². The van der Waals surface area contributed by atoms with Gasteiger partial charge in [-0.05, 0) is 42.5 Å². The van der Waals surface area contributed by atoms with E-state index in [2.05, 4.69) is 15.9 Å². The molecule has 6 heteroatoms. The van der Waals surface area contributed by atoms with Crippen molar-refractivity contribution < 1.29 is 18.7 Å². The fraction of sp³-hybridized carbons (Fsp3) is 0.222. The summed E-state index contributed by atoms with van der Waals surface area (Å²) >= 11 is 3.17. The summed E-state index contributed by atoms with van der Waals surface area (Å²) in [6.07, 6.45) is 0.433. The number of benzene rings is 2. The van der Waals surface area contributed by atoms with Crippen LogP contribution in [-0.4, -0.2) is 25.3 Å². The molecule has 0 bridgehead atoms. The Kier molecular flexibility index (Phi) is 6.09. The number of Topliss-reactive ketones (excluding diaryl/α,β-unsaturated/α-hetero) is 1. The van der Waals surface area contributed by atoms with Crippen molar-refractivity contribution in [2.24, 2.45) is 0 Å². The van der Waals surface area contributed by atoms with E-state index in [0.29, 0.717) is 22.2 Å². The molecular formula is C18H17BrFNO3. The van der Waals surface area contributed by atoms with E-state index in [1.165, 1.54) is 24.1 Å². The van der Waals surface area contributed by atoms with Crippen LogP contribution in [0.2, 0.25) is 0 Å².